The van der Waals surface area contributed by atoms with Crippen molar-refractivity contribution in [2.24, 2.45) is 23.7 Å². The number of hydrogen-bond acceptors (Lipinski definition) is 9. The molecule has 2 aromatic carbocycles. The molecule has 3 fully saturated rings. The Hall–Kier alpha value is -3.50. The van der Waals surface area contributed by atoms with E-state index in [9.17, 15) is 31.5 Å². The smallest absolute Gasteiger partial charge is 0.445 e. The van der Waals surface area contributed by atoms with Crippen molar-refractivity contribution in [1.29, 1.82) is 0 Å². The van der Waals surface area contributed by atoms with Gasteiger partial charge in [0, 0.05) is 36.4 Å². The Morgan fingerprint density at radius 2 is 1.77 bits per heavy atom. The number of fused-ring (bicyclic) bond motifs is 1. The first-order chi connectivity index (χ1) is 22.8. The Balaban J connectivity index is 1.19. The lowest BCUT2D eigenvalue weighted by molar-refractivity contribution is -0.169. The van der Waals surface area contributed by atoms with Gasteiger partial charge in [0.2, 0.25) is 10.0 Å². The molecular formula is C33H38F3N3O8S. The lowest BCUT2D eigenvalue weighted by Crippen LogP contribution is -2.52. The number of sulfonamides is 1. The zero-order chi connectivity index (χ0) is 34.2. The molecule has 3 aliphatic rings. The number of aliphatic hydroxyl groups is 1. The molecule has 0 radical (unpaired) electrons. The summed E-state index contributed by atoms with van der Waals surface area (Å²) in [5, 5.41) is 14.4. The van der Waals surface area contributed by atoms with Gasteiger partial charge in [-0.3, -0.25) is 0 Å². The summed E-state index contributed by atoms with van der Waals surface area (Å²) in [5.74, 6) is -1.46. The van der Waals surface area contributed by atoms with E-state index in [0.717, 1.165) is 22.5 Å². The van der Waals surface area contributed by atoms with Crippen LogP contribution in [0.3, 0.4) is 0 Å². The maximum atomic E-state index is 13.9. The normalized spacial score (nSPS) is 25.0. The van der Waals surface area contributed by atoms with E-state index in [1.165, 1.54) is 24.3 Å². The molecule has 0 spiro atoms. The fraction of sp³-hybridized carbons (Fsp3) is 0.515. The third-order valence-corrected chi connectivity index (χ3v) is 10.9. The van der Waals surface area contributed by atoms with Gasteiger partial charge in [-0.2, -0.15) is 17.5 Å². The number of oxazole rings is 1. The van der Waals surface area contributed by atoms with Crippen LogP contribution in [0.1, 0.15) is 31.7 Å². The lowest BCUT2D eigenvalue weighted by Gasteiger charge is -2.31. The molecule has 11 nitrogen and oxygen atoms in total. The number of hydrogen-bond donors (Lipinski definition) is 2. The molecule has 4 unspecified atom stereocenters. The topological polar surface area (TPSA) is 140 Å². The quantitative estimate of drug-likeness (QED) is 0.276. The van der Waals surface area contributed by atoms with Crippen LogP contribution in [0.25, 0.3) is 11.3 Å². The number of rotatable bonds is 12. The molecule has 2 aliphatic heterocycles. The monoisotopic (exact) mass is 693 g/mol. The van der Waals surface area contributed by atoms with E-state index in [-0.39, 0.29) is 65.7 Å². The lowest BCUT2D eigenvalue weighted by atomic mass is 9.98. The molecule has 6 rings (SSSR count). The van der Waals surface area contributed by atoms with Gasteiger partial charge in [-0.05, 0) is 48.6 Å². The number of carbonyl (C=O) groups is 1. The zero-order valence-corrected chi connectivity index (χ0v) is 27.2. The van der Waals surface area contributed by atoms with Crippen molar-refractivity contribution < 1.29 is 50.1 Å². The molecule has 2 saturated heterocycles. The van der Waals surface area contributed by atoms with E-state index in [4.69, 9.17) is 18.6 Å². The van der Waals surface area contributed by atoms with Crippen molar-refractivity contribution in [2.75, 3.05) is 26.3 Å². The number of alkyl halides is 3. The van der Waals surface area contributed by atoms with Crippen LogP contribution in [0.2, 0.25) is 0 Å². The van der Waals surface area contributed by atoms with Crippen LogP contribution in [0, 0.1) is 23.7 Å². The van der Waals surface area contributed by atoms with E-state index in [1.807, 2.05) is 44.2 Å². The number of benzene rings is 2. The standard InChI is InChI=1S/C33H38F3N3O8S/c1-19(2)15-39(48(42,43)23-10-8-21(9-11-23)28-14-37-31(46-28)33(34,35)36)16-27(40)26(12-20-6-4-3-5-7-20)38-32(41)47-29-22-13-24-25(29)18-45-30(24)44-17-22/h3-11,14,19,22,24-27,29-30,40H,12-13,15-18H2,1-2H3,(H,38,41)/t22-,24?,25?,26+,27-,29?,30?/m1/s1. The number of alkyl carbamates (subject to hydrolysis) is 1. The maximum absolute atomic E-state index is 13.9. The first-order valence-electron chi connectivity index (χ1n) is 15.9. The van der Waals surface area contributed by atoms with Crippen molar-refractivity contribution in [1.82, 2.24) is 14.6 Å². The number of aliphatic hydroxyl groups excluding tert-OH is 1. The minimum atomic E-state index is -4.76. The molecule has 1 saturated carbocycles. The summed E-state index contributed by atoms with van der Waals surface area (Å²) in [6.07, 6.45) is -5.52. The molecule has 1 aromatic heterocycles. The number of nitrogens with one attached hydrogen (secondary N) is 1. The summed E-state index contributed by atoms with van der Waals surface area (Å²) >= 11 is 0. The molecule has 1 amide bonds. The molecule has 1 aliphatic carbocycles. The number of amides is 1. The van der Waals surface area contributed by atoms with Crippen LogP contribution in [0.4, 0.5) is 18.0 Å². The second-order valence-corrected chi connectivity index (χ2v) is 14.9. The summed E-state index contributed by atoms with van der Waals surface area (Å²) in [6.45, 7) is 4.23. The highest BCUT2D eigenvalue weighted by Gasteiger charge is 2.56. The van der Waals surface area contributed by atoms with Crippen LogP contribution < -0.4 is 5.32 Å². The van der Waals surface area contributed by atoms with Gasteiger partial charge in [0.25, 0.3) is 0 Å². The molecular weight excluding hydrogens is 655 g/mol. The van der Waals surface area contributed by atoms with Gasteiger partial charge in [0.1, 0.15) is 6.10 Å². The van der Waals surface area contributed by atoms with E-state index in [2.05, 4.69) is 10.3 Å². The summed E-state index contributed by atoms with van der Waals surface area (Å²) in [4.78, 5) is 16.4. The Kier molecular flexibility index (Phi) is 9.87. The minimum absolute atomic E-state index is 0.0274. The average molecular weight is 694 g/mol. The molecule has 2 bridgehead atoms. The van der Waals surface area contributed by atoms with E-state index in [0.29, 0.717) is 13.2 Å². The Morgan fingerprint density at radius 1 is 1.06 bits per heavy atom. The third-order valence-electron chi connectivity index (χ3n) is 9.08. The fourth-order valence-corrected chi connectivity index (χ4v) is 8.42. The first kappa shape index (κ1) is 34.4. The molecule has 260 valence electrons. The first-order valence-corrected chi connectivity index (χ1v) is 17.3. The largest absolute Gasteiger partial charge is 0.468 e. The van der Waals surface area contributed by atoms with Crippen molar-refractivity contribution in [2.45, 2.75) is 62.3 Å². The Labute approximate surface area is 276 Å². The van der Waals surface area contributed by atoms with Crippen LogP contribution >= 0.6 is 0 Å². The summed E-state index contributed by atoms with van der Waals surface area (Å²) in [7, 11) is -4.20. The summed E-state index contributed by atoms with van der Waals surface area (Å²) < 4.78 is 90.0. The molecule has 3 aromatic rings. The van der Waals surface area contributed by atoms with Crippen LogP contribution in [-0.4, -0.2) is 79.7 Å². The van der Waals surface area contributed by atoms with Gasteiger partial charge in [0.05, 0.1) is 36.5 Å². The summed E-state index contributed by atoms with van der Waals surface area (Å²) in [6, 6.07) is 13.4. The molecule has 15 heteroatoms. The number of aromatic nitrogens is 1. The number of carbonyl (C=O) groups excluding carboxylic acids is 1. The molecule has 48 heavy (non-hydrogen) atoms. The third kappa shape index (κ3) is 7.39. The van der Waals surface area contributed by atoms with Crippen molar-refractivity contribution >= 4 is 16.1 Å². The fourth-order valence-electron chi connectivity index (χ4n) is 6.80. The van der Waals surface area contributed by atoms with Gasteiger partial charge >= 0.3 is 18.2 Å². The van der Waals surface area contributed by atoms with E-state index < -0.39 is 46.4 Å². The van der Waals surface area contributed by atoms with Gasteiger partial charge in [-0.1, -0.05) is 44.2 Å². The number of nitrogens with zero attached hydrogens (tertiary/aromatic N) is 2. The highest BCUT2D eigenvalue weighted by atomic mass is 32.2. The SMILES string of the molecule is CC(C)CN(C[C@@H](O)[C@H](Cc1ccccc1)NC(=O)OC1C2COC3OC[C@H]1CC32)S(=O)(=O)c1ccc(-c2cnc(C(F)(F)F)o2)cc1. The predicted molar refractivity (Wildman–Crippen MR) is 165 cm³/mol. The minimum Gasteiger partial charge on any atom is -0.445 e. The van der Waals surface area contributed by atoms with E-state index in [1.54, 1.807) is 0 Å². The van der Waals surface area contributed by atoms with Gasteiger partial charge < -0.3 is 29.1 Å². The maximum Gasteiger partial charge on any atom is 0.468 e. The van der Waals surface area contributed by atoms with Gasteiger partial charge in [-0.15, -0.1) is 0 Å². The number of halogens is 3. The second-order valence-electron chi connectivity index (χ2n) is 13.0. The van der Waals surface area contributed by atoms with Crippen LogP contribution in [0.5, 0.6) is 0 Å². The average Bonchev–Trinajstić information content (AvgIpc) is 3.76. The number of ether oxygens (including phenoxy) is 3. The Bertz CT molecular complexity index is 1670. The summed E-state index contributed by atoms with van der Waals surface area (Å²) in [5.41, 5.74) is 1.02. The van der Waals surface area contributed by atoms with Gasteiger partial charge in [0.15, 0.2) is 12.1 Å². The highest BCUT2D eigenvalue weighted by Crippen LogP contribution is 2.49. The zero-order valence-electron chi connectivity index (χ0n) is 26.4. The molecule has 7 atom stereocenters. The van der Waals surface area contributed by atoms with E-state index >= 15 is 0 Å². The van der Waals surface area contributed by atoms with Crippen molar-refractivity contribution in [3.63, 3.8) is 0 Å². The van der Waals surface area contributed by atoms with Crippen LogP contribution in [-0.2, 0) is 36.8 Å². The Morgan fingerprint density at radius 3 is 2.44 bits per heavy atom. The molecule has 2 N–H and O–H groups in total. The predicted octanol–water partition coefficient (Wildman–Crippen LogP) is 4.71. The van der Waals surface area contributed by atoms with Crippen molar-refractivity contribution in [3.05, 3.63) is 72.2 Å². The van der Waals surface area contributed by atoms with Gasteiger partial charge in [-0.25, -0.2) is 18.2 Å². The van der Waals surface area contributed by atoms with Crippen molar-refractivity contribution in [3.8, 4) is 11.3 Å². The highest BCUT2D eigenvalue weighted by molar-refractivity contribution is 7.89. The molecule has 3 heterocycles. The second kappa shape index (κ2) is 13.8. The van der Waals surface area contributed by atoms with Crippen LogP contribution in [0.15, 0.2) is 70.1 Å².